The first-order valence-corrected chi connectivity index (χ1v) is 13.9. The second-order valence-corrected chi connectivity index (χ2v) is 11.2. The van der Waals surface area contributed by atoms with Gasteiger partial charge in [-0.3, -0.25) is 13.9 Å². The van der Waals surface area contributed by atoms with Gasteiger partial charge in [-0.25, -0.2) is 4.39 Å². The number of hydrogen-bond acceptors (Lipinski definition) is 7. The molecule has 0 saturated heterocycles. The van der Waals surface area contributed by atoms with E-state index in [9.17, 15) is 18.3 Å². The van der Waals surface area contributed by atoms with Crippen LogP contribution in [0.5, 0.6) is 0 Å². The first-order chi connectivity index (χ1) is 15.2. The van der Waals surface area contributed by atoms with Crippen molar-refractivity contribution in [3.8, 4) is 0 Å². The molecular formula is C21H34FNO7P2. The number of allylic oxidation sites excluding steroid dienone is 1. The summed E-state index contributed by atoms with van der Waals surface area (Å²) in [6.07, 6.45) is 2.31. The van der Waals surface area contributed by atoms with Crippen LogP contribution in [0.15, 0.2) is 30.3 Å². The van der Waals surface area contributed by atoms with E-state index >= 15 is 0 Å². The fraction of sp³-hybridized carbons (Fsp3) is 0.571. The monoisotopic (exact) mass is 493 g/mol. The highest BCUT2D eigenvalue weighted by atomic mass is 31.2. The van der Waals surface area contributed by atoms with E-state index in [0.29, 0.717) is 6.42 Å². The summed E-state index contributed by atoms with van der Waals surface area (Å²) in [4.78, 5) is 13.1. The van der Waals surface area contributed by atoms with Crippen LogP contribution in [-0.2, 0) is 32.0 Å². The number of benzene rings is 1. The standard InChI is InChI=1S/C21H34FNO7P2/c1-6-27-31(25,28-7-2)21(32(26,29-8-3)30-9-4)20(24)23-16-10-11-17(5)18-12-14-19(22)15-13-18/h11-15,21H,6-10,16H2,1-5H3,(H,23,24). The largest absolute Gasteiger partial charge is 0.355 e. The van der Waals surface area contributed by atoms with E-state index in [2.05, 4.69) is 5.32 Å². The van der Waals surface area contributed by atoms with E-state index in [4.69, 9.17) is 18.1 Å². The van der Waals surface area contributed by atoms with Crippen molar-refractivity contribution in [2.24, 2.45) is 0 Å². The van der Waals surface area contributed by atoms with Crippen LogP contribution in [0.1, 0.15) is 46.6 Å². The van der Waals surface area contributed by atoms with Gasteiger partial charge in [-0.15, -0.1) is 0 Å². The number of nitrogens with one attached hydrogen (secondary N) is 1. The third-order valence-corrected chi connectivity index (χ3v) is 10.1. The molecule has 0 unspecified atom stereocenters. The predicted molar refractivity (Wildman–Crippen MR) is 123 cm³/mol. The maximum absolute atomic E-state index is 13.4. The van der Waals surface area contributed by atoms with Crippen molar-refractivity contribution in [1.29, 1.82) is 0 Å². The fourth-order valence-electron chi connectivity index (χ4n) is 2.94. The molecule has 1 aromatic rings. The molecule has 0 aromatic heterocycles. The van der Waals surface area contributed by atoms with Gasteiger partial charge in [-0.05, 0) is 64.3 Å². The van der Waals surface area contributed by atoms with Crippen molar-refractivity contribution in [3.05, 3.63) is 41.7 Å². The quantitative estimate of drug-likeness (QED) is 0.251. The number of rotatable bonds is 15. The molecule has 1 N–H and O–H groups in total. The Morgan fingerprint density at radius 3 is 1.78 bits per heavy atom. The highest BCUT2D eigenvalue weighted by Gasteiger charge is 2.55. The highest BCUT2D eigenvalue weighted by molar-refractivity contribution is 7.74. The topological polar surface area (TPSA) is 100 Å². The average molecular weight is 493 g/mol. The highest BCUT2D eigenvalue weighted by Crippen LogP contribution is 2.70. The number of carbonyl (C=O) groups is 1. The smallest absolute Gasteiger partial charge is 0.354 e. The van der Waals surface area contributed by atoms with Crippen molar-refractivity contribution in [3.63, 3.8) is 0 Å². The van der Waals surface area contributed by atoms with Gasteiger partial charge in [-0.2, -0.15) is 0 Å². The van der Waals surface area contributed by atoms with Crippen LogP contribution in [0.25, 0.3) is 5.57 Å². The molecule has 8 nitrogen and oxygen atoms in total. The van der Waals surface area contributed by atoms with Crippen LogP contribution >= 0.6 is 15.2 Å². The summed E-state index contributed by atoms with van der Waals surface area (Å²) in [5.41, 5.74) is 1.75. The van der Waals surface area contributed by atoms with Gasteiger partial charge in [0.05, 0.1) is 26.4 Å². The van der Waals surface area contributed by atoms with Crippen molar-refractivity contribution < 1.29 is 36.4 Å². The third kappa shape index (κ3) is 8.22. The molecule has 0 radical (unpaired) electrons. The van der Waals surface area contributed by atoms with Gasteiger partial charge in [0.15, 0.2) is 0 Å². The van der Waals surface area contributed by atoms with Crippen LogP contribution in [0, 0.1) is 5.82 Å². The number of hydrogen-bond donors (Lipinski definition) is 1. The summed E-state index contributed by atoms with van der Waals surface area (Å²) < 4.78 is 61.1. The molecule has 0 fully saturated rings. The van der Waals surface area contributed by atoms with Crippen LogP contribution in [-0.4, -0.2) is 44.3 Å². The van der Waals surface area contributed by atoms with Gasteiger partial charge in [-0.1, -0.05) is 18.2 Å². The summed E-state index contributed by atoms with van der Waals surface area (Å²) in [6.45, 7) is 8.35. The Labute approximate surface area is 189 Å². The fourth-order valence-corrected chi connectivity index (χ4v) is 8.04. The van der Waals surface area contributed by atoms with Crippen molar-refractivity contribution >= 4 is 26.7 Å². The zero-order chi connectivity index (χ0) is 24.2. The third-order valence-electron chi connectivity index (χ3n) is 4.26. The molecule has 1 aromatic carbocycles. The normalized spacial score (nSPS) is 12.9. The maximum atomic E-state index is 13.4. The Morgan fingerprint density at radius 1 is 0.938 bits per heavy atom. The molecule has 1 amide bonds. The van der Waals surface area contributed by atoms with E-state index < -0.39 is 26.5 Å². The lowest BCUT2D eigenvalue weighted by molar-refractivity contribution is -0.120. The molecule has 0 aliphatic carbocycles. The Bertz CT molecular complexity index is 795. The lowest BCUT2D eigenvalue weighted by atomic mass is 10.1. The number of halogens is 1. The van der Waals surface area contributed by atoms with Crippen LogP contribution < -0.4 is 5.32 Å². The Kier molecular flexibility index (Phi) is 12.6. The SMILES string of the molecule is CCOP(=O)(OCC)C(C(=O)NCCC=C(C)c1ccc(F)cc1)P(=O)(OCC)OCC. The summed E-state index contributed by atoms with van der Waals surface area (Å²) >= 11 is 0. The molecule has 1 rings (SSSR count). The van der Waals surface area contributed by atoms with E-state index in [0.717, 1.165) is 11.1 Å². The van der Waals surface area contributed by atoms with Gasteiger partial charge >= 0.3 is 15.2 Å². The minimum Gasteiger partial charge on any atom is -0.354 e. The number of carbonyl (C=O) groups excluding carboxylic acids is 1. The van der Waals surface area contributed by atoms with Crippen molar-refractivity contribution in [1.82, 2.24) is 5.32 Å². The molecule has 0 bridgehead atoms. The lowest BCUT2D eigenvalue weighted by Crippen LogP contribution is -2.37. The first-order valence-electron chi connectivity index (χ1n) is 10.6. The van der Waals surface area contributed by atoms with Crippen molar-refractivity contribution in [2.75, 3.05) is 33.0 Å². The van der Waals surface area contributed by atoms with E-state index in [1.165, 1.54) is 12.1 Å². The second-order valence-electron chi connectivity index (χ2n) is 6.60. The zero-order valence-corrected chi connectivity index (χ0v) is 21.1. The molecular weight excluding hydrogens is 459 g/mol. The molecule has 0 saturated carbocycles. The van der Waals surface area contributed by atoms with E-state index in [-0.39, 0.29) is 38.8 Å². The predicted octanol–water partition coefficient (Wildman–Crippen LogP) is 5.59. The zero-order valence-electron chi connectivity index (χ0n) is 19.3. The van der Waals surface area contributed by atoms with Crippen molar-refractivity contribution in [2.45, 2.75) is 46.4 Å². The maximum Gasteiger partial charge on any atom is 0.355 e. The summed E-state index contributed by atoms with van der Waals surface area (Å²) in [6, 6.07) is 6.07. The molecule has 0 aliphatic rings. The Balaban J connectivity index is 3.04. The molecule has 32 heavy (non-hydrogen) atoms. The van der Waals surface area contributed by atoms with E-state index in [1.807, 2.05) is 13.0 Å². The van der Waals surface area contributed by atoms with Gasteiger partial charge in [0.2, 0.25) is 11.3 Å². The molecule has 0 heterocycles. The van der Waals surface area contributed by atoms with Gasteiger partial charge < -0.3 is 23.4 Å². The molecule has 0 atom stereocenters. The molecule has 0 aliphatic heterocycles. The second kappa shape index (κ2) is 14.0. The Hall–Kier alpha value is -1.34. The minimum absolute atomic E-state index is 0.0150. The minimum atomic E-state index is -4.16. The van der Waals surface area contributed by atoms with Crippen LogP contribution in [0.4, 0.5) is 4.39 Å². The molecule has 0 spiro atoms. The van der Waals surface area contributed by atoms with E-state index in [1.54, 1.807) is 39.8 Å². The lowest BCUT2D eigenvalue weighted by Gasteiger charge is -2.30. The van der Waals surface area contributed by atoms with Gasteiger partial charge in [0.25, 0.3) is 0 Å². The van der Waals surface area contributed by atoms with Gasteiger partial charge in [0.1, 0.15) is 5.82 Å². The number of amides is 1. The van der Waals surface area contributed by atoms with Crippen LogP contribution in [0.2, 0.25) is 0 Å². The average Bonchev–Trinajstić information content (AvgIpc) is 2.72. The molecule has 182 valence electrons. The summed E-state index contributed by atoms with van der Waals surface area (Å²) in [5.74, 6) is -1.12. The summed E-state index contributed by atoms with van der Waals surface area (Å²) in [7, 11) is -8.33. The Morgan fingerprint density at radius 2 is 1.38 bits per heavy atom. The van der Waals surface area contributed by atoms with Crippen LogP contribution in [0.3, 0.4) is 0 Å². The molecule has 11 heteroatoms. The van der Waals surface area contributed by atoms with Gasteiger partial charge in [0, 0.05) is 6.54 Å². The summed E-state index contributed by atoms with van der Waals surface area (Å²) in [5, 5.41) is 0.883. The first kappa shape index (κ1) is 28.7.